The Bertz CT molecular complexity index is 648. The van der Waals surface area contributed by atoms with Crippen LogP contribution >= 0.6 is 0 Å². The molecule has 3 rings (SSSR count). The van der Waals surface area contributed by atoms with E-state index < -0.39 is 0 Å². The molecule has 0 radical (unpaired) electrons. The lowest BCUT2D eigenvalue weighted by molar-refractivity contribution is 0.0708. The molecule has 4 heteroatoms. The van der Waals surface area contributed by atoms with Crippen LogP contribution in [-0.2, 0) is 0 Å². The third-order valence-corrected chi connectivity index (χ3v) is 4.22. The molecule has 116 valence electrons. The topological polar surface area (TPSA) is 48.1 Å². The average Bonchev–Trinajstić information content (AvgIpc) is 2.86. The monoisotopic (exact) mass is 297 g/mol. The SMILES string of the molecule is Cc1cc(C)c(C(=O)N2CCCC(Nc3ccccc3)C2)[nH]1. The van der Waals surface area contributed by atoms with Crippen LogP contribution in [0.4, 0.5) is 5.69 Å². The van der Waals surface area contributed by atoms with E-state index in [9.17, 15) is 4.79 Å². The van der Waals surface area contributed by atoms with E-state index in [1.165, 1.54) is 0 Å². The van der Waals surface area contributed by atoms with Crippen LogP contribution < -0.4 is 5.32 Å². The number of nitrogens with one attached hydrogen (secondary N) is 2. The van der Waals surface area contributed by atoms with E-state index in [4.69, 9.17) is 0 Å². The van der Waals surface area contributed by atoms with Crippen molar-refractivity contribution < 1.29 is 4.79 Å². The molecule has 1 aromatic heterocycles. The second-order valence-corrected chi connectivity index (χ2v) is 6.11. The van der Waals surface area contributed by atoms with Crippen LogP contribution in [0.2, 0.25) is 0 Å². The predicted molar refractivity (Wildman–Crippen MR) is 89.3 cm³/mol. The Hall–Kier alpha value is -2.23. The van der Waals surface area contributed by atoms with Gasteiger partial charge >= 0.3 is 0 Å². The Balaban J connectivity index is 1.68. The first-order chi connectivity index (χ1) is 10.6. The van der Waals surface area contributed by atoms with Crippen LogP contribution in [0, 0.1) is 13.8 Å². The van der Waals surface area contributed by atoms with Gasteiger partial charge in [0.05, 0.1) is 0 Å². The smallest absolute Gasteiger partial charge is 0.270 e. The van der Waals surface area contributed by atoms with Crippen LogP contribution in [0.5, 0.6) is 0 Å². The van der Waals surface area contributed by atoms with Gasteiger partial charge in [-0.3, -0.25) is 4.79 Å². The van der Waals surface area contributed by atoms with Gasteiger partial charge in [-0.25, -0.2) is 0 Å². The molecule has 1 unspecified atom stereocenters. The molecule has 1 aromatic carbocycles. The number of nitrogens with zero attached hydrogens (tertiary/aromatic N) is 1. The highest BCUT2D eigenvalue weighted by Gasteiger charge is 2.26. The first-order valence-electron chi connectivity index (χ1n) is 7.90. The molecule has 2 N–H and O–H groups in total. The maximum atomic E-state index is 12.7. The van der Waals surface area contributed by atoms with Crippen LogP contribution in [-0.4, -0.2) is 34.9 Å². The zero-order valence-electron chi connectivity index (χ0n) is 13.2. The maximum absolute atomic E-state index is 12.7. The molecule has 2 heterocycles. The zero-order valence-corrected chi connectivity index (χ0v) is 13.2. The number of aromatic amines is 1. The number of carbonyl (C=O) groups is 1. The number of anilines is 1. The van der Waals surface area contributed by atoms with Gasteiger partial charge in [-0.2, -0.15) is 0 Å². The summed E-state index contributed by atoms with van der Waals surface area (Å²) in [5, 5.41) is 3.53. The standard InChI is InChI=1S/C18H23N3O/c1-13-11-14(2)19-17(13)18(22)21-10-6-9-16(12-21)20-15-7-4-3-5-8-15/h3-5,7-8,11,16,19-20H,6,9-10,12H2,1-2H3. The number of likely N-dealkylation sites (tertiary alicyclic amines) is 1. The Morgan fingerprint density at radius 2 is 2.05 bits per heavy atom. The molecule has 0 saturated carbocycles. The van der Waals surface area contributed by atoms with Crippen LogP contribution in [0.3, 0.4) is 0 Å². The lowest BCUT2D eigenvalue weighted by atomic mass is 10.0. The number of carbonyl (C=O) groups excluding carboxylic acids is 1. The molecule has 1 aliphatic heterocycles. The summed E-state index contributed by atoms with van der Waals surface area (Å²) in [4.78, 5) is 17.9. The van der Waals surface area contributed by atoms with Crippen molar-refractivity contribution in [1.29, 1.82) is 0 Å². The van der Waals surface area contributed by atoms with Crippen LogP contribution in [0.15, 0.2) is 36.4 Å². The molecule has 0 aliphatic carbocycles. The highest BCUT2D eigenvalue weighted by Crippen LogP contribution is 2.19. The molecule has 0 bridgehead atoms. The fourth-order valence-corrected chi connectivity index (χ4v) is 3.16. The minimum Gasteiger partial charge on any atom is -0.381 e. The summed E-state index contributed by atoms with van der Waals surface area (Å²) < 4.78 is 0. The first kappa shape index (κ1) is 14.7. The van der Waals surface area contributed by atoms with Crippen LogP contribution in [0.1, 0.15) is 34.6 Å². The van der Waals surface area contributed by atoms with E-state index in [0.717, 1.165) is 48.6 Å². The van der Waals surface area contributed by atoms with Gasteiger partial charge in [-0.05, 0) is 50.5 Å². The number of piperidine rings is 1. The van der Waals surface area contributed by atoms with E-state index >= 15 is 0 Å². The van der Waals surface area contributed by atoms with E-state index in [1.54, 1.807) is 0 Å². The molecule has 4 nitrogen and oxygen atoms in total. The summed E-state index contributed by atoms with van der Waals surface area (Å²) in [6.45, 7) is 5.56. The Labute approximate surface area is 131 Å². The number of para-hydroxylation sites is 1. The minimum absolute atomic E-state index is 0.116. The molecule has 22 heavy (non-hydrogen) atoms. The Kier molecular flexibility index (Phi) is 4.18. The molecule has 1 aliphatic rings. The number of aromatic nitrogens is 1. The normalized spacial score (nSPS) is 18.3. The number of aryl methyl sites for hydroxylation is 2. The van der Waals surface area contributed by atoms with Crippen molar-refractivity contribution in [2.24, 2.45) is 0 Å². The van der Waals surface area contributed by atoms with Gasteiger partial charge in [0.25, 0.3) is 5.91 Å². The lowest BCUT2D eigenvalue weighted by Crippen LogP contribution is -2.45. The van der Waals surface area contributed by atoms with Gasteiger partial charge < -0.3 is 15.2 Å². The van der Waals surface area contributed by atoms with Gasteiger partial charge in [-0.15, -0.1) is 0 Å². The van der Waals surface area contributed by atoms with E-state index in [0.29, 0.717) is 6.04 Å². The number of rotatable bonds is 3. The summed E-state index contributed by atoms with van der Waals surface area (Å²) in [5.41, 5.74) is 3.92. The molecular weight excluding hydrogens is 274 g/mol. The Morgan fingerprint density at radius 3 is 2.73 bits per heavy atom. The second-order valence-electron chi connectivity index (χ2n) is 6.11. The average molecular weight is 297 g/mol. The molecular formula is C18H23N3O. The number of hydrogen-bond acceptors (Lipinski definition) is 2. The van der Waals surface area contributed by atoms with Gasteiger partial charge in [0.2, 0.25) is 0 Å². The summed E-state index contributed by atoms with van der Waals surface area (Å²) in [6, 6.07) is 12.5. The molecule has 2 aromatic rings. The van der Waals surface area contributed by atoms with Crippen molar-refractivity contribution in [2.75, 3.05) is 18.4 Å². The van der Waals surface area contributed by atoms with E-state index in [1.807, 2.05) is 43.0 Å². The Morgan fingerprint density at radius 1 is 1.27 bits per heavy atom. The molecule has 1 fully saturated rings. The molecule has 0 spiro atoms. The quantitative estimate of drug-likeness (QED) is 0.912. The van der Waals surface area contributed by atoms with Crippen molar-refractivity contribution >= 4 is 11.6 Å². The highest BCUT2D eigenvalue weighted by atomic mass is 16.2. The molecule has 1 amide bonds. The molecule has 1 atom stereocenters. The van der Waals surface area contributed by atoms with Crippen molar-refractivity contribution in [3.8, 4) is 0 Å². The summed E-state index contributed by atoms with van der Waals surface area (Å²) >= 11 is 0. The van der Waals surface area contributed by atoms with Gasteiger partial charge in [0.15, 0.2) is 0 Å². The summed E-state index contributed by atoms with van der Waals surface area (Å²) in [6.07, 6.45) is 2.14. The van der Waals surface area contributed by atoms with Gasteiger partial charge in [0.1, 0.15) is 5.69 Å². The van der Waals surface area contributed by atoms with Crippen molar-refractivity contribution in [1.82, 2.24) is 9.88 Å². The number of benzene rings is 1. The van der Waals surface area contributed by atoms with Crippen molar-refractivity contribution in [3.63, 3.8) is 0 Å². The third kappa shape index (κ3) is 3.16. The second kappa shape index (κ2) is 6.26. The predicted octanol–water partition coefficient (Wildman–Crippen LogP) is 3.35. The fraction of sp³-hybridized carbons (Fsp3) is 0.389. The highest BCUT2D eigenvalue weighted by molar-refractivity contribution is 5.94. The maximum Gasteiger partial charge on any atom is 0.270 e. The number of amides is 1. The van der Waals surface area contributed by atoms with Crippen molar-refractivity contribution in [2.45, 2.75) is 32.7 Å². The van der Waals surface area contributed by atoms with Crippen molar-refractivity contribution in [3.05, 3.63) is 53.3 Å². The van der Waals surface area contributed by atoms with Gasteiger partial charge in [-0.1, -0.05) is 18.2 Å². The first-order valence-corrected chi connectivity index (χ1v) is 7.90. The van der Waals surface area contributed by atoms with E-state index in [2.05, 4.69) is 22.4 Å². The summed E-state index contributed by atoms with van der Waals surface area (Å²) in [5.74, 6) is 0.116. The lowest BCUT2D eigenvalue weighted by Gasteiger charge is -2.33. The fourth-order valence-electron chi connectivity index (χ4n) is 3.16. The van der Waals surface area contributed by atoms with Gasteiger partial charge in [0, 0.05) is 30.5 Å². The molecule has 1 saturated heterocycles. The number of hydrogen-bond donors (Lipinski definition) is 2. The third-order valence-electron chi connectivity index (χ3n) is 4.22. The number of H-pyrrole nitrogens is 1. The van der Waals surface area contributed by atoms with E-state index in [-0.39, 0.29) is 5.91 Å². The van der Waals surface area contributed by atoms with Crippen LogP contribution in [0.25, 0.3) is 0 Å². The largest absolute Gasteiger partial charge is 0.381 e. The minimum atomic E-state index is 0.116. The summed E-state index contributed by atoms with van der Waals surface area (Å²) in [7, 11) is 0. The zero-order chi connectivity index (χ0) is 15.5.